The molecule has 0 nitrogen and oxygen atoms in total. The predicted octanol–water partition coefficient (Wildman–Crippen LogP) is 4.21. The Hall–Kier alpha value is 0.257. The number of unbranched alkanes of at least 4 members (excludes halogenated alkanes) is 1. The zero-order chi connectivity index (χ0) is 10.5. The van der Waals surface area contributed by atoms with Gasteiger partial charge in [-0.15, -0.1) is 11.5 Å². The molecule has 0 amide bonds. The van der Waals surface area contributed by atoms with Crippen LogP contribution in [0.25, 0.3) is 0 Å². The van der Waals surface area contributed by atoms with Gasteiger partial charge in [-0.3, -0.25) is 0 Å². The number of hydrogen-bond donors (Lipinski definition) is 0. The maximum absolute atomic E-state index is 3.50. The van der Waals surface area contributed by atoms with E-state index in [1.807, 2.05) is 0 Å². The van der Waals surface area contributed by atoms with Gasteiger partial charge in [0.25, 0.3) is 0 Å². The molecule has 0 atom stereocenters. The minimum atomic E-state index is -1.33. The zero-order valence-corrected chi connectivity index (χ0v) is 12.1. The van der Waals surface area contributed by atoms with Crippen molar-refractivity contribution in [3.05, 3.63) is 0 Å². The highest BCUT2D eigenvalue weighted by Gasteiger charge is 2.33. The molecule has 0 spiro atoms. The second kappa shape index (κ2) is 5.22. The lowest BCUT2D eigenvalue weighted by molar-refractivity contribution is 0.731. The Labute approximate surface area is 92.6 Å². The van der Waals surface area contributed by atoms with Crippen molar-refractivity contribution in [3.8, 4) is 11.5 Å². The smallest absolute Gasteiger partial charge is 0.131 e. The molecule has 0 N–H and O–H groups in total. The van der Waals surface area contributed by atoms with Crippen LogP contribution < -0.4 is 0 Å². The van der Waals surface area contributed by atoms with Crippen LogP contribution in [0, 0.1) is 11.5 Å². The largest absolute Gasteiger partial charge is 0.137 e. The Kier molecular flexibility index (Phi) is 5.32. The molecule has 0 aromatic rings. The Morgan fingerprint density at radius 2 is 1.77 bits per heavy atom. The van der Waals surface area contributed by atoms with E-state index in [0.29, 0.717) is 5.04 Å². The first-order valence-corrected chi connectivity index (χ1v) is 8.99. The van der Waals surface area contributed by atoms with Crippen molar-refractivity contribution in [1.29, 1.82) is 0 Å². The Morgan fingerprint density at radius 1 is 1.23 bits per heavy atom. The van der Waals surface area contributed by atoms with Gasteiger partial charge in [-0.25, -0.2) is 0 Å². The number of alkyl halides is 1. The molecule has 0 saturated heterocycles. The third kappa shape index (κ3) is 4.88. The lowest BCUT2D eigenvalue weighted by atomic mass is 10.2. The van der Waals surface area contributed by atoms with Crippen molar-refractivity contribution in [2.75, 3.05) is 5.33 Å². The van der Waals surface area contributed by atoms with Crippen LogP contribution in [0.3, 0.4) is 0 Å². The molecule has 2 heteroatoms. The van der Waals surface area contributed by atoms with E-state index in [9.17, 15) is 0 Å². The van der Waals surface area contributed by atoms with Gasteiger partial charge in [-0.2, -0.15) is 0 Å². The van der Waals surface area contributed by atoms with Gasteiger partial charge in [0.05, 0.1) is 0 Å². The first-order chi connectivity index (χ1) is 5.81. The monoisotopic (exact) mass is 260 g/mol. The third-order valence-electron chi connectivity index (χ3n) is 2.71. The van der Waals surface area contributed by atoms with Gasteiger partial charge in [0, 0.05) is 11.8 Å². The van der Waals surface area contributed by atoms with Crippen molar-refractivity contribution in [2.24, 2.45) is 0 Å². The van der Waals surface area contributed by atoms with E-state index in [1.54, 1.807) is 0 Å². The third-order valence-corrected chi connectivity index (χ3v) is 7.82. The van der Waals surface area contributed by atoms with Crippen LogP contribution in [0.4, 0.5) is 0 Å². The van der Waals surface area contributed by atoms with Crippen molar-refractivity contribution in [2.45, 2.75) is 51.7 Å². The van der Waals surface area contributed by atoms with Gasteiger partial charge in [0.15, 0.2) is 0 Å². The summed E-state index contributed by atoms with van der Waals surface area (Å²) in [6.45, 7) is 11.6. The van der Waals surface area contributed by atoms with E-state index in [-0.39, 0.29) is 0 Å². The van der Waals surface area contributed by atoms with Gasteiger partial charge in [-0.1, -0.05) is 49.8 Å². The van der Waals surface area contributed by atoms with Crippen LogP contribution in [0.5, 0.6) is 0 Å². The molecular formula is C11H21BrSi. The van der Waals surface area contributed by atoms with Gasteiger partial charge in [-0.05, 0) is 11.5 Å². The quantitative estimate of drug-likeness (QED) is 0.302. The predicted molar refractivity (Wildman–Crippen MR) is 68.0 cm³/mol. The molecular weight excluding hydrogens is 240 g/mol. The molecule has 0 aromatic heterocycles. The lowest BCUT2D eigenvalue weighted by Crippen LogP contribution is -2.35. The summed E-state index contributed by atoms with van der Waals surface area (Å²) in [7, 11) is -1.33. The summed E-state index contributed by atoms with van der Waals surface area (Å²) in [6.07, 6.45) is 2.21. The van der Waals surface area contributed by atoms with E-state index in [0.717, 1.165) is 11.8 Å². The average Bonchev–Trinajstić information content (AvgIpc) is 1.96. The molecule has 76 valence electrons. The minimum absolute atomic E-state index is 0.397. The van der Waals surface area contributed by atoms with Gasteiger partial charge in [0.1, 0.15) is 8.07 Å². The summed E-state index contributed by atoms with van der Waals surface area (Å²) in [4.78, 5) is 0. The first kappa shape index (κ1) is 13.3. The molecule has 0 aromatic carbocycles. The van der Waals surface area contributed by atoms with Crippen LogP contribution in [-0.2, 0) is 0 Å². The molecule has 0 heterocycles. The summed E-state index contributed by atoms with van der Waals surface area (Å²) in [5, 5.41) is 1.47. The van der Waals surface area contributed by atoms with Crippen LogP contribution in [0.15, 0.2) is 0 Å². The van der Waals surface area contributed by atoms with Crippen LogP contribution in [0.1, 0.15) is 33.6 Å². The standard InChI is InChI=1S/C11H21BrSi/c1-11(2,3)13(4,5)10-8-6-7-9-12/h6-7,9H2,1-5H3. The van der Waals surface area contributed by atoms with Gasteiger partial charge >= 0.3 is 0 Å². The molecule has 0 aliphatic rings. The Balaban J connectivity index is 4.21. The van der Waals surface area contributed by atoms with Crippen molar-refractivity contribution < 1.29 is 0 Å². The lowest BCUT2D eigenvalue weighted by Gasteiger charge is -2.31. The van der Waals surface area contributed by atoms with Gasteiger partial charge < -0.3 is 0 Å². The zero-order valence-electron chi connectivity index (χ0n) is 9.50. The van der Waals surface area contributed by atoms with Crippen LogP contribution in [-0.4, -0.2) is 13.4 Å². The first-order valence-electron chi connectivity index (χ1n) is 4.87. The van der Waals surface area contributed by atoms with Crippen molar-refractivity contribution >= 4 is 24.0 Å². The molecule has 0 bridgehead atoms. The maximum atomic E-state index is 3.50. The fourth-order valence-corrected chi connectivity index (χ4v) is 1.85. The molecule has 0 radical (unpaired) electrons. The van der Waals surface area contributed by atoms with E-state index in [2.05, 4.69) is 61.3 Å². The normalized spacial score (nSPS) is 12.2. The minimum Gasteiger partial charge on any atom is -0.131 e. The van der Waals surface area contributed by atoms with E-state index in [4.69, 9.17) is 0 Å². The fourth-order valence-electron chi connectivity index (χ4n) is 0.626. The molecule has 0 rings (SSSR count). The van der Waals surface area contributed by atoms with Crippen molar-refractivity contribution in [1.82, 2.24) is 0 Å². The summed E-state index contributed by atoms with van der Waals surface area (Å²) in [5.41, 5.74) is 3.50. The summed E-state index contributed by atoms with van der Waals surface area (Å²) in [6, 6.07) is 0. The Bertz CT molecular complexity index is 202. The van der Waals surface area contributed by atoms with Crippen LogP contribution >= 0.6 is 15.9 Å². The summed E-state index contributed by atoms with van der Waals surface area (Å²) in [5.74, 6) is 3.31. The Morgan fingerprint density at radius 3 is 2.15 bits per heavy atom. The highest BCUT2D eigenvalue weighted by Crippen LogP contribution is 2.35. The molecule has 0 fully saturated rings. The van der Waals surface area contributed by atoms with Gasteiger partial charge in [0.2, 0.25) is 0 Å². The van der Waals surface area contributed by atoms with Crippen LogP contribution in [0.2, 0.25) is 18.1 Å². The second-order valence-corrected chi connectivity index (χ2v) is 10.8. The summed E-state index contributed by atoms with van der Waals surface area (Å²) >= 11 is 3.41. The average molecular weight is 261 g/mol. The van der Waals surface area contributed by atoms with E-state index < -0.39 is 8.07 Å². The maximum Gasteiger partial charge on any atom is 0.137 e. The molecule has 13 heavy (non-hydrogen) atoms. The topological polar surface area (TPSA) is 0 Å². The van der Waals surface area contributed by atoms with Crippen molar-refractivity contribution in [3.63, 3.8) is 0 Å². The number of hydrogen-bond acceptors (Lipinski definition) is 0. The van der Waals surface area contributed by atoms with E-state index >= 15 is 0 Å². The van der Waals surface area contributed by atoms with E-state index in [1.165, 1.54) is 6.42 Å². The molecule has 0 unspecified atom stereocenters. The molecule has 0 saturated carbocycles. The molecule has 0 aliphatic heterocycles. The number of rotatable bonds is 2. The fraction of sp³-hybridized carbons (Fsp3) is 0.818. The number of halogens is 1. The summed E-state index contributed by atoms with van der Waals surface area (Å²) < 4.78 is 0. The SMILES string of the molecule is CC(C)(C)[Si](C)(C)C#CCCCBr. The highest BCUT2D eigenvalue weighted by atomic mass is 79.9. The highest BCUT2D eigenvalue weighted by molar-refractivity contribution is 9.09. The second-order valence-electron chi connectivity index (χ2n) is 4.97. The molecule has 0 aliphatic carbocycles.